The Labute approximate surface area is 409 Å². The number of methoxy groups -OCH3 is 2. The Morgan fingerprint density at radius 2 is 1.41 bits per heavy atom. The fourth-order valence-corrected chi connectivity index (χ4v) is 8.76. The summed E-state index contributed by atoms with van der Waals surface area (Å²) in [6.07, 6.45) is 14.5. The summed E-state index contributed by atoms with van der Waals surface area (Å²) in [6.45, 7) is 14.9. The Morgan fingerprint density at radius 1 is 0.794 bits per heavy atom. The maximum Gasteiger partial charge on any atom is 0.331 e. The number of esters is 4. The van der Waals surface area contributed by atoms with Gasteiger partial charge in [0.25, 0.3) is 0 Å². The highest BCUT2D eigenvalue weighted by atomic mass is 16.6. The lowest BCUT2D eigenvalue weighted by atomic mass is 9.82. The van der Waals surface area contributed by atoms with Crippen LogP contribution >= 0.6 is 0 Å². The van der Waals surface area contributed by atoms with Crippen molar-refractivity contribution in [2.24, 2.45) is 41.4 Å². The zero-order valence-electron chi connectivity index (χ0n) is 44.1. The van der Waals surface area contributed by atoms with Gasteiger partial charge in [-0.1, -0.05) is 91.0 Å². The Morgan fingerprint density at radius 3 is 2.01 bits per heavy atom. The molecule has 1 aliphatic heterocycles. The summed E-state index contributed by atoms with van der Waals surface area (Å²) >= 11 is 0. The third kappa shape index (κ3) is 24.9. The van der Waals surface area contributed by atoms with E-state index in [2.05, 4.69) is 19.1 Å². The van der Waals surface area contributed by atoms with Crippen LogP contribution in [0.2, 0.25) is 0 Å². The molecule has 0 saturated carbocycles. The Bertz CT molecular complexity index is 1570. The van der Waals surface area contributed by atoms with Crippen LogP contribution in [0.25, 0.3) is 0 Å². The van der Waals surface area contributed by atoms with E-state index in [1.807, 2.05) is 53.7 Å². The molecule has 0 aromatic heterocycles. The molecule has 0 aliphatic carbocycles. The Hall–Kier alpha value is -3.44. The highest BCUT2D eigenvalue weighted by Gasteiger charge is 2.37. The van der Waals surface area contributed by atoms with Gasteiger partial charge in [0.15, 0.2) is 0 Å². The van der Waals surface area contributed by atoms with Crippen LogP contribution in [-0.2, 0) is 47.6 Å². The predicted molar refractivity (Wildman–Crippen MR) is 265 cm³/mol. The summed E-state index contributed by atoms with van der Waals surface area (Å²) in [7, 11) is 10.5. The lowest BCUT2D eigenvalue weighted by Crippen LogP contribution is -2.42. The number of rotatable bonds is 20. The number of hydrogen-bond acceptors (Lipinski definition) is 15. The average molecular weight is 965 g/mol. The van der Waals surface area contributed by atoms with Gasteiger partial charge in [0.1, 0.15) is 24.4 Å². The zero-order valence-corrected chi connectivity index (χ0v) is 44.1. The minimum atomic E-state index is -0.934. The molecule has 1 aliphatic rings. The monoisotopic (exact) mass is 965 g/mol. The van der Waals surface area contributed by atoms with Crippen molar-refractivity contribution in [2.75, 3.05) is 62.1 Å². The molecule has 0 fully saturated rings. The zero-order chi connectivity index (χ0) is 51.5. The molecule has 0 aromatic rings. The summed E-state index contributed by atoms with van der Waals surface area (Å²) in [5, 5.41) is 33.1. The summed E-state index contributed by atoms with van der Waals surface area (Å²) < 4.78 is 35.4. The second-order valence-corrected chi connectivity index (χ2v) is 20.0. The fraction of sp³-hybridized carbons (Fsp3) is 0.774. The molecular weight excluding hydrogens is 873 g/mol. The first-order valence-corrected chi connectivity index (χ1v) is 24.8. The third-order valence-corrected chi connectivity index (χ3v) is 13.2. The first-order valence-electron chi connectivity index (χ1n) is 24.8. The number of ether oxygens (including phenoxy) is 6. The number of hydrogen-bond donors (Lipinski definition) is 3. The molecule has 1 heterocycles. The average Bonchev–Trinajstić information content (AvgIpc) is 3.26. The predicted octanol–water partition coefficient (Wildman–Crippen LogP) is 6.72. The van der Waals surface area contributed by atoms with Gasteiger partial charge in [0.2, 0.25) is 0 Å². The Balaban J connectivity index is 3.52. The van der Waals surface area contributed by atoms with E-state index in [-0.39, 0.29) is 61.5 Å². The lowest BCUT2D eigenvalue weighted by molar-refractivity contribution is -0.164. The van der Waals surface area contributed by atoms with Crippen molar-refractivity contribution in [2.45, 2.75) is 162 Å². The van der Waals surface area contributed by atoms with E-state index in [0.717, 1.165) is 12.8 Å². The van der Waals surface area contributed by atoms with Gasteiger partial charge in [0.05, 0.1) is 37.5 Å². The van der Waals surface area contributed by atoms with Crippen molar-refractivity contribution in [1.29, 1.82) is 0 Å². The number of cyclic esters (lactones) is 1. The van der Waals surface area contributed by atoms with E-state index < -0.39 is 72.3 Å². The van der Waals surface area contributed by atoms with Crippen LogP contribution < -0.4 is 0 Å². The molecule has 0 aromatic carbocycles. The second-order valence-electron chi connectivity index (χ2n) is 20.0. The molecule has 0 radical (unpaired) electrons. The maximum atomic E-state index is 13.5. The van der Waals surface area contributed by atoms with Crippen molar-refractivity contribution >= 4 is 23.9 Å². The van der Waals surface area contributed by atoms with Crippen molar-refractivity contribution in [3.63, 3.8) is 0 Å². The molecule has 0 amide bonds. The van der Waals surface area contributed by atoms with E-state index in [0.29, 0.717) is 44.9 Å². The first kappa shape index (κ1) is 62.6. The first-order chi connectivity index (χ1) is 32.0. The second kappa shape index (κ2) is 34.0. The van der Waals surface area contributed by atoms with E-state index in [9.17, 15) is 34.5 Å². The van der Waals surface area contributed by atoms with Crippen LogP contribution in [0.4, 0.5) is 0 Å². The van der Waals surface area contributed by atoms with Crippen LogP contribution in [-0.4, -0.2) is 160 Å². The Kier molecular flexibility index (Phi) is 31.3. The topological polar surface area (TPSA) is 191 Å². The van der Waals surface area contributed by atoms with Crippen LogP contribution in [0.1, 0.15) is 113 Å². The molecule has 3 N–H and O–H groups in total. The van der Waals surface area contributed by atoms with Gasteiger partial charge >= 0.3 is 23.9 Å². The van der Waals surface area contributed by atoms with Crippen molar-refractivity contribution in [3.8, 4) is 0 Å². The molecule has 0 saturated heterocycles. The normalized spacial score (nSPS) is 28.7. The van der Waals surface area contributed by atoms with Crippen molar-refractivity contribution in [1.82, 2.24) is 9.80 Å². The van der Waals surface area contributed by atoms with Gasteiger partial charge in [-0.25, -0.2) is 4.79 Å². The molecule has 68 heavy (non-hydrogen) atoms. The maximum absolute atomic E-state index is 13.5. The molecule has 392 valence electrons. The number of likely N-dealkylation sites (N-methyl/N-ethyl adjacent to an activating group) is 2. The van der Waals surface area contributed by atoms with E-state index in [1.54, 1.807) is 70.4 Å². The van der Waals surface area contributed by atoms with Gasteiger partial charge < -0.3 is 43.7 Å². The SMILES string of the molecule is CO[C@@H]1C=CC[C@@H](C)C[C@@H](OC)/C=C/C[C@@H]([C@@H](C)[C@@H](O)[C@@H](C)CC[C@@H](OC(=O)CN(C)C)[C@H](C)[C@H](OC(C)=O)[C@H](C)CCO)OC(=O)/C=C/C=C/C[C@@H](OC(=O)CN(C)C)[C@@H](C)[C@H](O)[C@H](C)CC1. The quantitative estimate of drug-likeness (QED) is 0.0662. The summed E-state index contributed by atoms with van der Waals surface area (Å²) in [5.41, 5.74) is 0. The lowest BCUT2D eigenvalue weighted by Gasteiger charge is -2.35. The van der Waals surface area contributed by atoms with Crippen LogP contribution in [0.5, 0.6) is 0 Å². The number of aliphatic hydroxyl groups is 3. The molecule has 0 spiro atoms. The third-order valence-electron chi connectivity index (χ3n) is 13.2. The fourth-order valence-electron chi connectivity index (χ4n) is 8.76. The van der Waals surface area contributed by atoms with E-state index in [4.69, 9.17) is 28.4 Å². The van der Waals surface area contributed by atoms with Gasteiger partial charge in [-0.15, -0.1) is 0 Å². The number of nitrogens with zero attached hydrogens (tertiary/aromatic N) is 2. The van der Waals surface area contributed by atoms with Gasteiger partial charge in [0, 0.05) is 64.4 Å². The minimum absolute atomic E-state index is 0.0536. The number of aliphatic hydroxyl groups excluding tert-OH is 3. The molecule has 15 heteroatoms. The molecule has 0 bridgehead atoms. The van der Waals surface area contributed by atoms with Crippen LogP contribution in [0.15, 0.2) is 48.6 Å². The molecule has 0 unspecified atom stereocenters. The summed E-state index contributed by atoms with van der Waals surface area (Å²) in [6, 6.07) is 0. The highest BCUT2D eigenvalue weighted by Crippen LogP contribution is 2.31. The number of carbonyl (C=O) groups is 4. The van der Waals surface area contributed by atoms with Gasteiger partial charge in [-0.3, -0.25) is 24.2 Å². The van der Waals surface area contributed by atoms with Crippen molar-refractivity contribution in [3.05, 3.63) is 48.6 Å². The summed E-state index contributed by atoms with van der Waals surface area (Å²) in [5.74, 6) is -3.62. The molecule has 15 atom stereocenters. The van der Waals surface area contributed by atoms with E-state index >= 15 is 0 Å². The molecule has 1 rings (SSSR count). The molecule has 15 nitrogen and oxygen atoms in total. The standard InChI is InChI=1S/C53H92N2O13/c1-35-20-18-21-43(63-13)28-26-36(2)51(61)39(5)45(67-49(59)33-54(9)10)23-16-15-17-25-48(58)66-46(24-19-22-44(32-35)64-14)40(6)52(62)37(3)27-29-47(68-50(60)34-55(11)12)41(7)53(65-42(8)57)38(4)30-31-56/h15-19,21-22,25,35-41,43-47,51-53,56,61-62H,20,23-24,26-34H2,1-14H3/b16-15+,21-18?,22-19+,25-17+/t35-,36-,37+,38-,39-,40-,41+,43-,44+,45-,46+,47-,51-,52+,53-/m1/s1. The van der Waals surface area contributed by atoms with Crippen LogP contribution in [0.3, 0.4) is 0 Å². The number of allylic oxidation sites excluding steroid dienone is 3. The highest BCUT2D eigenvalue weighted by molar-refractivity contribution is 5.82. The largest absolute Gasteiger partial charge is 0.462 e. The number of carbonyl (C=O) groups excluding carboxylic acids is 4. The summed E-state index contributed by atoms with van der Waals surface area (Å²) in [4.78, 5) is 54.9. The smallest absolute Gasteiger partial charge is 0.331 e. The molecular formula is C53H92N2O13. The van der Waals surface area contributed by atoms with E-state index in [1.165, 1.54) is 13.0 Å². The van der Waals surface area contributed by atoms with Crippen molar-refractivity contribution < 1.29 is 62.9 Å². The van der Waals surface area contributed by atoms with Gasteiger partial charge in [-0.05, 0) is 96.8 Å². The van der Waals surface area contributed by atoms with Crippen LogP contribution in [0, 0.1) is 41.4 Å². The van der Waals surface area contributed by atoms with Gasteiger partial charge in [-0.2, -0.15) is 0 Å². The minimum Gasteiger partial charge on any atom is -0.462 e.